The first-order chi connectivity index (χ1) is 10.1. The maximum atomic E-state index is 4.36. The molecule has 0 saturated heterocycles. The Morgan fingerprint density at radius 1 is 0.857 bits per heavy atom. The number of aryl methyl sites for hydroxylation is 2. The van der Waals surface area contributed by atoms with Gasteiger partial charge >= 0.3 is 0 Å². The molecule has 0 aliphatic heterocycles. The Kier molecular flexibility index (Phi) is 5.09. The van der Waals surface area contributed by atoms with Crippen molar-refractivity contribution in [3.63, 3.8) is 0 Å². The molecule has 2 aromatic carbocycles. The van der Waals surface area contributed by atoms with Gasteiger partial charge in [0, 0.05) is 18.8 Å². The van der Waals surface area contributed by atoms with E-state index in [4.69, 9.17) is 0 Å². The third kappa shape index (κ3) is 3.91. The lowest BCUT2D eigenvalue weighted by atomic mass is 10.1. The number of rotatable bonds is 5. The molecule has 0 aromatic heterocycles. The first-order valence-electron chi connectivity index (χ1n) is 7.48. The minimum atomic E-state index is 0.882. The molecule has 0 saturated carbocycles. The van der Waals surface area contributed by atoms with Crippen LogP contribution < -0.4 is 4.90 Å². The number of hydrogen-bond donors (Lipinski definition) is 0. The molecule has 0 atom stereocenters. The molecule has 3 heteroatoms. The lowest BCUT2D eigenvalue weighted by Crippen LogP contribution is -2.21. The molecule has 0 unspecified atom stereocenters. The highest BCUT2D eigenvalue weighted by Gasteiger charge is 2.04. The van der Waals surface area contributed by atoms with Crippen LogP contribution in [0.25, 0.3) is 0 Å². The lowest BCUT2D eigenvalue weighted by Gasteiger charge is -2.21. The van der Waals surface area contributed by atoms with Gasteiger partial charge in [0.2, 0.25) is 0 Å². The van der Waals surface area contributed by atoms with E-state index in [1.165, 1.54) is 11.3 Å². The van der Waals surface area contributed by atoms with Crippen LogP contribution in [-0.4, -0.2) is 13.1 Å². The van der Waals surface area contributed by atoms with Crippen LogP contribution in [0.15, 0.2) is 52.7 Å². The van der Waals surface area contributed by atoms with E-state index in [1.807, 2.05) is 30.3 Å². The monoisotopic (exact) mass is 281 g/mol. The maximum Gasteiger partial charge on any atom is 0.0887 e. The van der Waals surface area contributed by atoms with Crippen molar-refractivity contribution in [2.24, 2.45) is 10.2 Å². The van der Waals surface area contributed by atoms with Crippen molar-refractivity contribution in [1.29, 1.82) is 0 Å². The summed E-state index contributed by atoms with van der Waals surface area (Å²) in [5.74, 6) is 0. The predicted octanol–water partition coefficient (Wildman–Crippen LogP) is 5.57. The van der Waals surface area contributed by atoms with E-state index in [0.29, 0.717) is 0 Å². The first-order valence-corrected chi connectivity index (χ1v) is 7.48. The van der Waals surface area contributed by atoms with Gasteiger partial charge in [-0.15, -0.1) is 0 Å². The average Bonchev–Trinajstić information content (AvgIpc) is 2.49. The Balaban J connectivity index is 2.19. The van der Waals surface area contributed by atoms with Gasteiger partial charge in [-0.3, -0.25) is 0 Å². The van der Waals surface area contributed by atoms with Crippen LogP contribution in [0, 0.1) is 13.8 Å². The Labute approximate surface area is 127 Å². The number of azo groups is 1. The third-order valence-corrected chi connectivity index (χ3v) is 3.62. The molecule has 0 radical (unpaired) electrons. The van der Waals surface area contributed by atoms with Crippen molar-refractivity contribution in [3.05, 3.63) is 53.6 Å². The molecule has 0 aliphatic rings. The molecule has 3 nitrogen and oxygen atoms in total. The zero-order chi connectivity index (χ0) is 15.2. The van der Waals surface area contributed by atoms with Crippen molar-refractivity contribution in [2.75, 3.05) is 18.0 Å². The molecule has 0 heterocycles. The van der Waals surface area contributed by atoms with Crippen molar-refractivity contribution in [2.45, 2.75) is 27.7 Å². The van der Waals surface area contributed by atoms with Crippen LogP contribution in [0.3, 0.4) is 0 Å². The van der Waals surface area contributed by atoms with E-state index >= 15 is 0 Å². The molecule has 0 aliphatic carbocycles. The number of nitrogens with zero attached hydrogens (tertiary/aromatic N) is 3. The highest BCUT2D eigenvalue weighted by atomic mass is 15.1. The molecule has 21 heavy (non-hydrogen) atoms. The van der Waals surface area contributed by atoms with Gasteiger partial charge in [0.25, 0.3) is 0 Å². The standard InChI is InChI=1S/C18H23N3/c1-5-21(6-2)17-11-12-18(15(4)13-17)20-19-16-9-7-14(3)8-10-16/h7-13H,5-6H2,1-4H3. The zero-order valence-corrected chi connectivity index (χ0v) is 13.3. The van der Waals surface area contributed by atoms with Crippen LogP contribution in [0.1, 0.15) is 25.0 Å². The molecule has 0 spiro atoms. The Morgan fingerprint density at radius 3 is 2.10 bits per heavy atom. The molecular formula is C18H23N3. The fourth-order valence-electron chi connectivity index (χ4n) is 2.26. The summed E-state index contributed by atoms with van der Waals surface area (Å²) in [6, 6.07) is 14.4. The summed E-state index contributed by atoms with van der Waals surface area (Å²) in [4.78, 5) is 2.33. The van der Waals surface area contributed by atoms with Gasteiger partial charge < -0.3 is 4.90 Å². The van der Waals surface area contributed by atoms with Gasteiger partial charge in [-0.2, -0.15) is 10.2 Å². The summed E-state index contributed by atoms with van der Waals surface area (Å²) in [7, 11) is 0. The quantitative estimate of drug-likeness (QED) is 0.659. The molecule has 2 aromatic rings. The van der Waals surface area contributed by atoms with Crippen molar-refractivity contribution < 1.29 is 0 Å². The van der Waals surface area contributed by atoms with Crippen LogP contribution in [0.4, 0.5) is 17.1 Å². The number of hydrogen-bond acceptors (Lipinski definition) is 3. The molecule has 0 bridgehead atoms. The molecule has 0 fully saturated rings. The number of benzene rings is 2. The second-order valence-corrected chi connectivity index (χ2v) is 5.18. The summed E-state index contributed by atoms with van der Waals surface area (Å²) >= 11 is 0. The fraction of sp³-hybridized carbons (Fsp3) is 0.333. The van der Waals surface area contributed by atoms with E-state index < -0.39 is 0 Å². The van der Waals surface area contributed by atoms with Gasteiger partial charge in [0.15, 0.2) is 0 Å². The third-order valence-electron chi connectivity index (χ3n) is 3.62. The molecule has 110 valence electrons. The van der Waals surface area contributed by atoms with Crippen LogP contribution in [0.2, 0.25) is 0 Å². The van der Waals surface area contributed by atoms with Gasteiger partial charge in [-0.05, 0) is 63.6 Å². The van der Waals surface area contributed by atoms with Crippen molar-refractivity contribution >= 4 is 17.1 Å². The minimum Gasteiger partial charge on any atom is -0.372 e. The molecule has 0 amide bonds. The van der Waals surface area contributed by atoms with Gasteiger partial charge in [-0.1, -0.05) is 17.7 Å². The second-order valence-electron chi connectivity index (χ2n) is 5.18. The van der Waals surface area contributed by atoms with E-state index in [9.17, 15) is 0 Å². The highest BCUT2D eigenvalue weighted by Crippen LogP contribution is 2.26. The van der Waals surface area contributed by atoms with E-state index in [0.717, 1.165) is 30.0 Å². The van der Waals surface area contributed by atoms with Crippen molar-refractivity contribution in [3.8, 4) is 0 Å². The van der Waals surface area contributed by atoms with Crippen molar-refractivity contribution in [1.82, 2.24) is 0 Å². The average molecular weight is 281 g/mol. The number of anilines is 1. The van der Waals surface area contributed by atoms with E-state index in [-0.39, 0.29) is 0 Å². The topological polar surface area (TPSA) is 28.0 Å². The maximum absolute atomic E-state index is 4.36. The largest absolute Gasteiger partial charge is 0.372 e. The lowest BCUT2D eigenvalue weighted by molar-refractivity contribution is 0.865. The fourth-order valence-corrected chi connectivity index (χ4v) is 2.26. The van der Waals surface area contributed by atoms with Crippen LogP contribution in [-0.2, 0) is 0 Å². The van der Waals surface area contributed by atoms with Gasteiger partial charge in [0.05, 0.1) is 11.4 Å². The molecule has 0 N–H and O–H groups in total. The smallest absolute Gasteiger partial charge is 0.0887 e. The Morgan fingerprint density at radius 2 is 1.52 bits per heavy atom. The first kappa shape index (κ1) is 15.2. The predicted molar refractivity (Wildman–Crippen MR) is 90.1 cm³/mol. The SMILES string of the molecule is CCN(CC)c1ccc(N=Nc2ccc(C)cc2)c(C)c1. The zero-order valence-electron chi connectivity index (χ0n) is 13.3. The molecule has 2 rings (SSSR count). The minimum absolute atomic E-state index is 0.882. The summed E-state index contributed by atoms with van der Waals surface area (Å²) in [6.45, 7) is 10.5. The van der Waals surface area contributed by atoms with Gasteiger partial charge in [-0.25, -0.2) is 0 Å². The summed E-state index contributed by atoms with van der Waals surface area (Å²) in [5, 5.41) is 8.67. The Bertz CT molecular complexity index is 611. The summed E-state index contributed by atoms with van der Waals surface area (Å²) in [5.41, 5.74) is 5.43. The molecular weight excluding hydrogens is 258 g/mol. The van der Waals surface area contributed by atoms with Gasteiger partial charge in [0.1, 0.15) is 0 Å². The van der Waals surface area contributed by atoms with Crippen LogP contribution >= 0.6 is 0 Å². The second kappa shape index (κ2) is 7.02. The Hall–Kier alpha value is -2.16. The summed E-state index contributed by atoms with van der Waals surface area (Å²) < 4.78 is 0. The van der Waals surface area contributed by atoms with E-state index in [1.54, 1.807) is 0 Å². The highest BCUT2D eigenvalue weighted by molar-refractivity contribution is 5.57. The van der Waals surface area contributed by atoms with E-state index in [2.05, 4.69) is 55.0 Å². The van der Waals surface area contributed by atoms with Crippen LogP contribution in [0.5, 0.6) is 0 Å². The summed E-state index contributed by atoms with van der Waals surface area (Å²) in [6.07, 6.45) is 0. The normalized spacial score (nSPS) is 11.0.